The van der Waals surface area contributed by atoms with E-state index in [1.54, 1.807) is 0 Å². The van der Waals surface area contributed by atoms with Crippen LogP contribution in [0.2, 0.25) is 0 Å². The van der Waals surface area contributed by atoms with Crippen molar-refractivity contribution in [3.8, 4) is 0 Å². The van der Waals surface area contributed by atoms with Gasteiger partial charge in [0.1, 0.15) is 0 Å². The molecule has 2 N–H and O–H groups in total. The van der Waals surface area contributed by atoms with Gasteiger partial charge in [0, 0.05) is 26.7 Å². The van der Waals surface area contributed by atoms with Crippen LogP contribution < -0.4 is 5.32 Å². The zero-order valence-corrected chi connectivity index (χ0v) is 8.94. The molecule has 76 valence electrons. The van der Waals surface area contributed by atoms with E-state index in [0.29, 0.717) is 12.5 Å². The highest BCUT2D eigenvalue weighted by Gasteiger charge is 2.20. The zero-order chi connectivity index (χ0) is 9.68. The van der Waals surface area contributed by atoms with E-state index in [1.807, 2.05) is 7.05 Å². The van der Waals surface area contributed by atoms with Gasteiger partial charge in [0.05, 0.1) is 0 Å². The van der Waals surface area contributed by atoms with Gasteiger partial charge in [0.2, 0.25) is 0 Å². The molecule has 0 aromatic carbocycles. The van der Waals surface area contributed by atoms with Gasteiger partial charge in [-0.05, 0) is 37.4 Å². The number of aliphatic hydroxyl groups is 1. The first kappa shape index (κ1) is 10.7. The molecule has 13 heavy (non-hydrogen) atoms. The second-order valence-corrected chi connectivity index (χ2v) is 3.91. The van der Waals surface area contributed by atoms with E-state index >= 15 is 0 Å². The monoisotopic (exact) mass is 202 g/mol. The highest BCUT2D eigenvalue weighted by Crippen LogP contribution is 2.18. The SMILES string of the molecule is CNC(=S)N1CCCC(CCO)C1. The number of nitrogens with one attached hydrogen (secondary N) is 1. The van der Waals surface area contributed by atoms with Crippen LogP contribution in [0.5, 0.6) is 0 Å². The molecule has 0 aliphatic carbocycles. The molecule has 1 heterocycles. The number of rotatable bonds is 2. The molecule has 1 rings (SSSR count). The van der Waals surface area contributed by atoms with Crippen LogP contribution in [0, 0.1) is 5.92 Å². The first-order valence-electron chi connectivity index (χ1n) is 4.85. The summed E-state index contributed by atoms with van der Waals surface area (Å²) < 4.78 is 0. The minimum atomic E-state index is 0.296. The van der Waals surface area contributed by atoms with Crippen molar-refractivity contribution < 1.29 is 5.11 Å². The molecule has 0 radical (unpaired) electrons. The Hall–Kier alpha value is -0.350. The fourth-order valence-corrected chi connectivity index (χ4v) is 1.99. The molecule has 1 atom stereocenters. The van der Waals surface area contributed by atoms with Gasteiger partial charge in [-0.15, -0.1) is 0 Å². The molecule has 3 nitrogen and oxygen atoms in total. The Kier molecular flexibility index (Phi) is 4.45. The third-order valence-corrected chi connectivity index (χ3v) is 3.02. The van der Waals surface area contributed by atoms with Crippen LogP contribution in [0.1, 0.15) is 19.3 Å². The lowest BCUT2D eigenvalue weighted by Gasteiger charge is -2.33. The van der Waals surface area contributed by atoms with Crippen molar-refractivity contribution in [2.24, 2.45) is 5.92 Å². The average Bonchev–Trinajstić information content (AvgIpc) is 2.18. The van der Waals surface area contributed by atoms with Crippen molar-refractivity contribution in [3.63, 3.8) is 0 Å². The number of piperidine rings is 1. The molecule has 0 aromatic heterocycles. The first-order chi connectivity index (χ1) is 6.27. The molecule has 0 amide bonds. The van der Waals surface area contributed by atoms with Gasteiger partial charge in [-0.2, -0.15) is 0 Å². The Balaban J connectivity index is 2.37. The molecule has 0 saturated carbocycles. The minimum Gasteiger partial charge on any atom is -0.396 e. The van der Waals surface area contributed by atoms with Crippen molar-refractivity contribution in [2.45, 2.75) is 19.3 Å². The van der Waals surface area contributed by atoms with E-state index in [4.69, 9.17) is 17.3 Å². The van der Waals surface area contributed by atoms with Crippen molar-refractivity contribution in [2.75, 3.05) is 26.7 Å². The summed E-state index contributed by atoms with van der Waals surface area (Å²) in [4.78, 5) is 2.19. The standard InChI is InChI=1S/C9H18N2OS/c1-10-9(13)11-5-2-3-8(7-11)4-6-12/h8,12H,2-7H2,1H3,(H,10,13). The van der Waals surface area contributed by atoms with E-state index in [2.05, 4.69) is 10.2 Å². The van der Waals surface area contributed by atoms with Crippen LogP contribution in [0.15, 0.2) is 0 Å². The summed E-state index contributed by atoms with van der Waals surface area (Å²) in [6.07, 6.45) is 3.32. The summed E-state index contributed by atoms with van der Waals surface area (Å²) in [7, 11) is 1.86. The van der Waals surface area contributed by atoms with Gasteiger partial charge >= 0.3 is 0 Å². The highest BCUT2D eigenvalue weighted by molar-refractivity contribution is 7.80. The molecule has 0 aromatic rings. The van der Waals surface area contributed by atoms with E-state index in [1.165, 1.54) is 12.8 Å². The topological polar surface area (TPSA) is 35.5 Å². The van der Waals surface area contributed by atoms with Gasteiger partial charge in [0.25, 0.3) is 0 Å². The van der Waals surface area contributed by atoms with Crippen LogP contribution in [0.3, 0.4) is 0 Å². The van der Waals surface area contributed by atoms with Crippen molar-refractivity contribution in [1.29, 1.82) is 0 Å². The highest BCUT2D eigenvalue weighted by atomic mass is 32.1. The number of likely N-dealkylation sites (tertiary alicyclic amines) is 1. The third-order valence-electron chi connectivity index (χ3n) is 2.56. The second-order valence-electron chi connectivity index (χ2n) is 3.52. The molecule has 0 bridgehead atoms. The van der Waals surface area contributed by atoms with Gasteiger partial charge in [-0.1, -0.05) is 0 Å². The van der Waals surface area contributed by atoms with Gasteiger partial charge in [-0.25, -0.2) is 0 Å². The number of hydrogen-bond acceptors (Lipinski definition) is 2. The van der Waals surface area contributed by atoms with Crippen LogP contribution in [0.25, 0.3) is 0 Å². The molecule has 4 heteroatoms. The second kappa shape index (κ2) is 5.40. The maximum atomic E-state index is 8.83. The lowest BCUT2D eigenvalue weighted by atomic mass is 9.95. The largest absolute Gasteiger partial charge is 0.396 e. The first-order valence-corrected chi connectivity index (χ1v) is 5.26. The summed E-state index contributed by atoms with van der Waals surface area (Å²) >= 11 is 5.16. The summed E-state index contributed by atoms with van der Waals surface area (Å²) in [5.74, 6) is 0.616. The molecule has 0 spiro atoms. The Bertz CT molecular complexity index is 173. The Morgan fingerprint density at radius 1 is 1.69 bits per heavy atom. The predicted octanol–water partition coefficient (Wildman–Crippen LogP) is 0.585. The lowest BCUT2D eigenvalue weighted by molar-refractivity contribution is 0.197. The maximum absolute atomic E-state index is 8.83. The molecular weight excluding hydrogens is 184 g/mol. The molecule has 1 fully saturated rings. The fourth-order valence-electron chi connectivity index (χ4n) is 1.83. The van der Waals surface area contributed by atoms with Crippen molar-refractivity contribution >= 4 is 17.3 Å². The Morgan fingerprint density at radius 3 is 3.08 bits per heavy atom. The molecular formula is C9H18N2OS. The number of hydrogen-bond donors (Lipinski definition) is 2. The normalized spacial score (nSPS) is 22.9. The Labute approximate surface area is 85.1 Å². The molecule has 1 unspecified atom stereocenters. The van der Waals surface area contributed by atoms with E-state index in [9.17, 15) is 0 Å². The maximum Gasteiger partial charge on any atom is 0.168 e. The predicted molar refractivity (Wildman–Crippen MR) is 57.7 cm³/mol. The van der Waals surface area contributed by atoms with Crippen molar-refractivity contribution in [1.82, 2.24) is 10.2 Å². The molecule has 1 aliphatic rings. The molecule has 1 aliphatic heterocycles. The fraction of sp³-hybridized carbons (Fsp3) is 0.889. The van der Waals surface area contributed by atoms with Gasteiger partial charge in [-0.3, -0.25) is 0 Å². The molecule has 1 saturated heterocycles. The van der Waals surface area contributed by atoms with E-state index in [0.717, 1.165) is 24.6 Å². The number of nitrogens with zero attached hydrogens (tertiary/aromatic N) is 1. The van der Waals surface area contributed by atoms with Crippen molar-refractivity contribution in [3.05, 3.63) is 0 Å². The minimum absolute atomic E-state index is 0.296. The lowest BCUT2D eigenvalue weighted by Crippen LogP contribution is -2.44. The smallest absolute Gasteiger partial charge is 0.168 e. The Morgan fingerprint density at radius 2 is 2.46 bits per heavy atom. The summed E-state index contributed by atoms with van der Waals surface area (Å²) in [6.45, 7) is 2.35. The van der Waals surface area contributed by atoms with Gasteiger partial charge in [0.15, 0.2) is 5.11 Å². The van der Waals surface area contributed by atoms with E-state index < -0.39 is 0 Å². The summed E-state index contributed by atoms with van der Waals surface area (Å²) in [6, 6.07) is 0. The summed E-state index contributed by atoms with van der Waals surface area (Å²) in [5.41, 5.74) is 0. The number of aliphatic hydroxyl groups excluding tert-OH is 1. The zero-order valence-electron chi connectivity index (χ0n) is 8.12. The third kappa shape index (κ3) is 3.12. The number of thiocarbonyl (C=S) groups is 1. The van der Waals surface area contributed by atoms with Crippen LogP contribution >= 0.6 is 12.2 Å². The van der Waals surface area contributed by atoms with Crippen LogP contribution in [0.4, 0.5) is 0 Å². The van der Waals surface area contributed by atoms with E-state index in [-0.39, 0.29) is 0 Å². The quantitative estimate of drug-likeness (QED) is 0.642. The van der Waals surface area contributed by atoms with Crippen LogP contribution in [-0.2, 0) is 0 Å². The van der Waals surface area contributed by atoms with Crippen LogP contribution in [-0.4, -0.2) is 41.9 Å². The van der Waals surface area contributed by atoms with Gasteiger partial charge < -0.3 is 15.3 Å². The average molecular weight is 202 g/mol. The summed E-state index contributed by atoms with van der Waals surface area (Å²) in [5, 5.41) is 12.7.